The molecule has 2 aromatic heterocycles. The number of nitrogens with zero attached hydrogens (tertiary/aromatic N) is 2. The van der Waals surface area contributed by atoms with Crippen LogP contribution in [0.2, 0.25) is 0 Å². The molecule has 0 radical (unpaired) electrons. The van der Waals surface area contributed by atoms with E-state index in [1.165, 1.54) is 6.08 Å². The molecule has 0 unspecified atom stereocenters. The van der Waals surface area contributed by atoms with Crippen molar-refractivity contribution < 1.29 is 14.3 Å². The molecule has 3 N–H and O–H groups in total. The van der Waals surface area contributed by atoms with Crippen LogP contribution in [0.3, 0.4) is 0 Å². The summed E-state index contributed by atoms with van der Waals surface area (Å²) >= 11 is 0. The second kappa shape index (κ2) is 9.38. The predicted octanol–water partition coefficient (Wildman–Crippen LogP) is 3.19. The average Bonchev–Trinajstić information content (AvgIpc) is 3.24. The number of fused-ring (bicyclic) bond motifs is 5. The summed E-state index contributed by atoms with van der Waals surface area (Å²) in [6, 6.07) is 7.74. The second-order valence-electron chi connectivity index (χ2n) is 9.12. The largest absolute Gasteiger partial charge is 0.490 e. The fourth-order valence-electron chi connectivity index (χ4n) is 4.69. The lowest BCUT2D eigenvalue weighted by Gasteiger charge is -2.19. The zero-order valence-corrected chi connectivity index (χ0v) is 20.0. The molecule has 2 aliphatic rings. The first-order valence-electron chi connectivity index (χ1n) is 11.8. The number of carbonyl (C=O) groups is 2. The van der Waals surface area contributed by atoms with E-state index in [4.69, 9.17) is 9.72 Å². The lowest BCUT2D eigenvalue weighted by atomic mass is 9.88. The molecule has 35 heavy (non-hydrogen) atoms. The highest BCUT2D eigenvalue weighted by molar-refractivity contribution is 6.01. The van der Waals surface area contributed by atoms with Gasteiger partial charge in [-0.3, -0.25) is 14.6 Å². The molecule has 1 aromatic carbocycles. The van der Waals surface area contributed by atoms with Crippen molar-refractivity contribution in [1.29, 1.82) is 0 Å². The number of anilines is 1. The minimum Gasteiger partial charge on any atom is -0.490 e. The first-order chi connectivity index (χ1) is 16.9. The summed E-state index contributed by atoms with van der Waals surface area (Å²) in [7, 11) is 3.96. The summed E-state index contributed by atoms with van der Waals surface area (Å²) in [6.45, 7) is 5.45. The third-order valence-electron chi connectivity index (χ3n) is 6.48. The van der Waals surface area contributed by atoms with Gasteiger partial charge in [0.25, 0.3) is 5.91 Å². The summed E-state index contributed by atoms with van der Waals surface area (Å²) in [5.41, 5.74) is 8.36. The topological polar surface area (TPSA) is 99.3 Å². The highest BCUT2D eigenvalue weighted by Gasteiger charge is 2.29. The number of carbonyl (C=O) groups excluding carboxylic acids is 2. The highest BCUT2D eigenvalue weighted by Crippen LogP contribution is 2.39. The van der Waals surface area contributed by atoms with Crippen LogP contribution in [0.4, 0.5) is 5.69 Å². The van der Waals surface area contributed by atoms with Crippen molar-refractivity contribution in [2.24, 2.45) is 0 Å². The van der Waals surface area contributed by atoms with Crippen molar-refractivity contribution in [2.45, 2.75) is 19.3 Å². The van der Waals surface area contributed by atoms with Crippen LogP contribution in [0.1, 0.15) is 27.2 Å². The van der Waals surface area contributed by atoms with E-state index in [2.05, 4.69) is 28.3 Å². The van der Waals surface area contributed by atoms with Crippen LogP contribution in [-0.4, -0.2) is 60.5 Å². The molecule has 3 heterocycles. The van der Waals surface area contributed by atoms with Gasteiger partial charge in [0.1, 0.15) is 12.4 Å². The number of aromatic nitrogens is 2. The molecule has 8 nitrogen and oxygen atoms in total. The van der Waals surface area contributed by atoms with Crippen LogP contribution in [0, 0.1) is 0 Å². The summed E-state index contributed by atoms with van der Waals surface area (Å²) in [5, 5.41) is 5.81. The summed E-state index contributed by atoms with van der Waals surface area (Å²) in [5.74, 6) is 0.293. The molecule has 0 bridgehead atoms. The minimum atomic E-state index is -0.308. The molecule has 1 aliphatic heterocycles. The van der Waals surface area contributed by atoms with Gasteiger partial charge in [0, 0.05) is 42.5 Å². The summed E-state index contributed by atoms with van der Waals surface area (Å²) < 4.78 is 5.92. The Morgan fingerprint density at radius 3 is 2.91 bits per heavy atom. The fraction of sp³-hybridized carbons (Fsp3) is 0.296. The number of amides is 2. The SMILES string of the molecule is C=CC(=O)Nc1cc(-c2cc3c(cn2)CCc2c-3[nH]c3c2C(=O)NCC3)ccc1OCCN(C)C. The monoisotopic (exact) mass is 471 g/mol. The summed E-state index contributed by atoms with van der Waals surface area (Å²) in [4.78, 5) is 34.9. The number of aromatic amines is 1. The highest BCUT2D eigenvalue weighted by atomic mass is 16.5. The van der Waals surface area contributed by atoms with Crippen LogP contribution in [0.15, 0.2) is 43.1 Å². The zero-order chi connectivity index (χ0) is 24.5. The number of hydrogen-bond acceptors (Lipinski definition) is 5. The predicted molar refractivity (Wildman–Crippen MR) is 136 cm³/mol. The average molecular weight is 472 g/mol. The number of benzene rings is 1. The molecule has 5 rings (SSSR count). The third kappa shape index (κ3) is 4.44. The van der Waals surface area contributed by atoms with E-state index in [1.54, 1.807) is 0 Å². The number of ether oxygens (including phenoxy) is 1. The molecule has 0 fully saturated rings. The van der Waals surface area contributed by atoms with Gasteiger partial charge in [-0.05, 0) is 68.4 Å². The zero-order valence-electron chi connectivity index (χ0n) is 20.0. The van der Waals surface area contributed by atoms with Crippen LogP contribution in [0.5, 0.6) is 5.75 Å². The van der Waals surface area contributed by atoms with E-state index in [1.807, 2.05) is 43.4 Å². The van der Waals surface area contributed by atoms with E-state index >= 15 is 0 Å². The molecule has 3 aromatic rings. The van der Waals surface area contributed by atoms with Gasteiger partial charge in [-0.1, -0.05) is 6.58 Å². The number of nitrogens with one attached hydrogen (secondary N) is 3. The molecule has 0 saturated carbocycles. The molecule has 0 atom stereocenters. The molecule has 8 heteroatoms. The molecular formula is C27H29N5O3. The number of rotatable bonds is 7. The lowest BCUT2D eigenvalue weighted by Crippen LogP contribution is -2.32. The number of hydrogen-bond donors (Lipinski definition) is 3. The Kier molecular flexibility index (Phi) is 6.13. The van der Waals surface area contributed by atoms with E-state index < -0.39 is 0 Å². The standard InChI is InChI=1S/C27H29N5O3/c1-4-24(33)30-22-13-16(6-8-23(22)35-12-11-32(2)3)21-14-19-17(15-29-21)5-7-18-25-20(31-26(18)19)9-10-28-27(25)34/h4,6,8,13-15,31H,1,5,7,9-12H2,2-3H3,(H,28,34)(H,30,33). The van der Waals surface area contributed by atoms with Gasteiger partial charge in [-0.15, -0.1) is 0 Å². The Labute approximate surface area is 204 Å². The van der Waals surface area contributed by atoms with Gasteiger partial charge in [0.05, 0.1) is 22.6 Å². The Balaban J connectivity index is 1.51. The first-order valence-corrected chi connectivity index (χ1v) is 11.8. The quantitative estimate of drug-likeness (QED) is 0.460. The third-order valence-corrected chi connectivity index (χ3v) is 6.48. The van der Waals surface area contributed by atoms with Gasteiger partial charge >= 0.3 is 0 Å². The Morgan fingerprint density at radius 2 is 2.11 bits per heavy atom. The Hall–Kier alpha value is -3.91. The van der Waals surface area contributed by atoms with Gasteiger partial charge in [0.2, 0.25) is 5.91 Å². The van der Waals surface area contributed by atoms with Crippen LogP contribution in [0.25, 0.3) is 22.5 Å². The maximum Gasteiger partial charge on any atom is 0.253 e. The van der Waals surface area contributed by atoms with E-state index in [-0.39, 0.29) is 11.8 Å². The van der Waals surface area contributed by atoms with Crippen molar-refractivity contribution in [3.63, 3.8) is 0 Å². The van der Waals surface area contributed by atoms with Crippen LogP contribution < -0.4 is 15.4 Å². The van der Waals surface area contributed by atoms with Crippen molar-refractivity contribution in [2.75, 3.05) is 39.1 Å². The van der Waals surface area contributed by atoms with Gasteiger partial charge in [-0.2, -0.15) is 0 Å². The van der Waals surface area contributed by atoms with Crippen LogP contribution >= 0.6 is 0 Å². The number of aryl methyl sites for hydroxylation is 1. The van der Waals surface area contributed by atoms with Crippen molar-refractivity contribution in [3.8, 4) is 28.3 Å². The number of likely N-dealkylation sites (N-methyl/N-ethyl adjacent to an activating group) is 1. The molecule has 180 valence electrons. The smallest absolute Gasteiger partial charge is 0.253 e. The van der Waals surface area contributed by atoms with Crippen LogP contribution in [-0.2, 0) is 24.1 Å². The van der Waals surface area contributed by atoms with Crippen molar-refractivity contribution >= 4 is 17.5 Å². The summed E-state index contributed by atoms with van der Waals surface area (Å²) in [6.07, 6.45) is 5.61. The Morgan fingerprint density at radius 1 is 1.26 bits per heavy atom. The molecule has 2 amide bonds. The number of H-pyrrole nitrogens is 1. The van der Waals surface area contributed by atoms with Gasteiger partial charge in [0.15, 0.2) is 0 Å². The maximum absolute atomic E-state index is 12.5. The maximum atomic E-state index is 12.5. The normalized spacial score (nSPS) is 14.0. The van der Waals surface area contributed by atoms with Gasteiger partial charge in [-0.25, -0.2) is 0 Å². The molecule has 0 saturated heterocycles. The van der Waals surface area contributed by atoms with E-state index in [9.17, 15) is 9.59 Å². The first kappa shape index (κ1) is 22.9. The number of pyridine rings is 1. The second-order valence-corrected chi connectivity index (χ2v) is 9.12. The Bertz CT molecular complexity index is 1320. The lowest BCUT2D eigenvalue weighted by molar-refractivity contribution is -0.111. The molecule has 1 aliphatic carbocycles. The molecular weight excluding hydrogens is 442 g/mol. The van der Waals surface area contributed by atoms with Gasteiger partial charge < -0.3 is 25.3 Å². The van der Waals surface area contributed by atoms with E-state index in [0.717, 1.165) is 70.7 Å². The molecule has 0 spiro atoms. The van der Waals surface area contributed by atoms with Crippen molar-refractivity contribution in [3.05, 3.63) is 65.5 Å². The van der Waals surface area contributed by atoms with E-state index in [0.29, 0.717) is 24.6 Å². The minimum absolute atomic E-state index is 0.00828. The van der Waals surface area contributed by atoms with Crippen molar-refractivity contribution in [1.82, 2.24) is 20.2 Å². The fourth-order valence-corrected chi connectivity index (χ4v) is 4.69.